The Morgan fingerprint density at radius 1 is 1.14 bits per heavy atom. The third kappa shape index (κ3) is 3.31. The fraction of sp³-hybridized carbons (Fsp3) is 0.381. The van der Waals surface area contributed by atoms with Crippen molar-refractivity contribution in [1.29, 1.82) is 0 Å². The zero-order valence-corrected chi connectivity index (χ0v) is 16.1. The lowest BCUT2D eigenvalue weighted by Crippen LogP contribution is -2.35. The van der Waals surface area contributed by atoms with E-state index in [-0.39, 0.29) is 37.0 Å². The van der Waals surface area contributed by atoms with E-state index in [2.05, 4.69) is 5.32 Å². The third-order valence-corrected chi connectivity index (χ3v) is 5.87. The van der Waals surface area contributed by atoms with Gasteiger partial charge in [-0.15, -0.1) is 12.4 Å². The van der Waals surface area contributed by atoms with Crippen molar-refractivity contribution in [2.45, 2.75) is 12.5 Å². The number of hydrogen-bond acceptors (Lipinski definition) is 4. The van der Waals surface area contributed by atoms with Crippen molar-refractivity contribution in [2.75, 3.05) is 26.4 Å². The van der Waals surface area contributed by atoms with Gasteiger partial charge in [-0.2, -0.15) is 0 Å². The first kappa shape index (κ1) is 19.0. The Bertz CT molecular complexity index is 894. The van der Waals surface area contributed by atoms with Crippen LogP contribution in [0.25, 0.3) is 0 Å². The summed E-state index contributed by atoms with van der Waals surface area (Å²) in [5.41, 5.74) is 1.78. The second-order valence-electron chi connectivity index (χ2n) is 7.49. The van der Waals surface area contributed by atoms with Crippen LogP contribution in [0, 0.1) is 17.7 Å². The molecule has 5 rings (SSSR count). The predicted molar refractivity (Wildman–Crippen MR) is 104 cm³/mol. The molecule has 0 aliphatic carbocycles. The van der Waals surface area contributed by atoms with Gasteiger partial charge in [0.05, 0.1) is 12.5 Å². The fourth-order valence-corrected chi connectivity index (χ4v) is 4.62. The molecule has 2 aromatic rings. The van der Waals surface area contributed by atoms with Crippen LogP contribution in [0.4, 0.5) is 4.39 Å². The number of halogens is 2. The average Bonchev–Trinajstić information content (AvgIpc) is 3.36. The Morgan fingerprint density at radius 3 is 2.86 bits per heavy atom. The maximum atomic E-state index is 13.8. The molecular formula is C21H22ClFN2O3. The molecule has 1 N–H and O–H groups in total. The maximum Gasteiger partial charge on any atom is 0.231 e. The number of carbonyl (C=O) groups excluding carboxylic acids is 1. The standard InChI is InChI=1S/C21H21FN2O3.ClH/c22-16-3-1-2-14(8-16)21-17-10-23-9-15(17)11-24(21)20(25)7-13-4-5-18-19(6-13)27-12-26-18;/h1-6,8,15,17,21,23H,7,9-12H2;1H/t15-,17-,21+;/m0./s1. The second-order valence-corrected chi connectivity index (χ2v) is 7.49. The Hall–Kier alpha value is -2.31. The van der Waals surface area contributed by atoms with Crippen LogP contribution in [0.15, 0.2) is 42.5 Å². The normalized spacial score (nSPS) is 24.8. The first-order valence-electron chi connectivity index (χ1n) is 9.33. The lowest BCUT2D eigenvalue weighted by Gasteiger charge is -2.28. The molecule has 3 aliphatic heterocycles. The van der Waals surface area contributed by atoms with E-state index in [1.54, 1.807) is 12.1 Å². The number of likely N-dealkylation sites (tertiary alicyclic amines) is 1. The summed E-state index contributed by atoms with van der Waals surface area (Å²) in [5, 5.41) is 3.41. The SMILES string of the molecule is Cl.O=C(Cc1ccc2c(c1)OCO2)N1C[C@@H]2CNC[C@@H]2[C@H]1c1cccc(F)c1. The van der Waals surface area contributed by atoms with Crippen molar-refractivity contribution in [3.8, 4) is 11.5 Å². The van der Waals surface area contributed by atoms with Crippen LogP contribution in [0.3, 0.4) is 0 Å². The lowest BCUT2D eigenvalue weighted by molar-refractivity contribution is -0.131. The quantitative estimate of drug-likeness (QED) is 0.854. The van der Waals surface area contributed by atoms with Gasteiger partial charge in [-0.05, 0) is 41.3 Å². The van der Waals surface area contributed by atoms with Crippen LogP contribution in [0.5, 0.6) is 11.5 Å². The van der Waals surface area contributed by atoms with Gasteiger partial charge in [-0.1, -0.05) is 18.2 Å². The summed E-state index contributed by atoms with van der Waals surface area (Å²) in [6, 6.07) is 12.2. The van der Waals surface area contributed by atoms with E-state index >= 15 is 0 Å². The minimum Gasteiger partial charge on any atom is -0.454 e. The van der Waals surface area contributed by atoms with Crippen LogP contribution in [0.2, 0.25) is 0 Å². The van der Waals surface area contributed by atoms with Crippen molar-refractivity contribution < 1.29 is 18.7 Å². The molecule has 3 aliphatic rings. The van der Waals surface area contributed by atoms with Crippen molar-refractivity contribution >= 4 is 18.3 Å². The summed E-state index contributed by atoms with van der Waals surface area (Å²) in [7, 11) is 0. The molecule has 2 saturated heterocycles. The molecule has 2 aromatic carbocycles. The van der Waals surface area contributed by atoms with E-state index in [1.165, 1.54) is 6.07 Å². The number of carbonyl (C=O) groups is 1. The second kappa shape index (κ2) is 7.60. The van der Waals surface area contributed by atoms with Gasteiger partial charge in [-0.25, -0.2) is 4.39 Å². The molecule has 0 unspecified atom stereocenters. The molecule has 0 radical (unpaired) electrons. The molecule has 1 amide bonds. The Labute approximate surface area is 169 Å². The van der Waals surface area contributed by atoms with Gasteiger partial charge in [0.2, 0.25) is 12.7 Å². The van der Waals surface area contributed by atoms with Gasteiger partial charge >= 0.3 is 0 Å². The van der Waals surface area contributed by atoms with Gasteiger partial charge in [0.15, 0.2) is 11.5 Å². The van der Waals surface area contributed by atoms with Crippen LogP contribution < -0.4 is 14.8 Å². The summed E-state index contributed by atoms with van der Waals surface area (Å²) in [5.74, 6) is 1.95. The smallest absolute Gasteiger partial charge is 0.231 e. The van der Waals surface area contributed by atoms with E-state index in [9.17, 15) is 9.18 Å². The summed E-state index contributed by atoms with van der Waals surface area (Å²) >= 11 is 0. The highest BCUT2D eigenvalue weighted by Crippen LogP contribution is 2.43. The first-order chi connectivity index (χ1) is 13.2. The number of nitrogens with zero attached hydrogens (tertiary/aromatic N) is 1. The third-order valence-electron chi connectivity index (χ3n) is 5.87. The zero-order valence-electron chi connectivity index (χ0n) is 15.3. The first-order valence-corrected chi connectivity index (χ1v) is 9.33. The Balaban J connectivity index is 0.00000192. The number of hydrogen-bond donors (Lipinski definition) is 1. The topological polar surface area (TPSA) is 50.8 Å². The Morgan fingerprint density at radius 2 is 2.00 bits per heavy atom. The highest BCUT2D eigenvalue weighted by molar-refractivity contribution is 5.85. The van der Waals surface area contributed by atoms with Crippen molar-refractivity contribution in [2.24, 2.45) is 11.8 Å². The molecule has 0 aromatic heterocycles. The number of amides is 1. The van der Waals surface area contributed by atoms with E-state index in [4.69, 9.17) is 9.47 Å². The van der Waals surface area contributed by atoms with Gasteiger partial charge < -0.3 is 19.7 Å². The van der Waals surface area contributed by atoms with Crippen LogP contribution in [-0.4, -0.2) is 37.2 Å². The van der Waals surface area contributed by atoms with E-state index < -0.39 is 0 Å². The van der Waals surface area contributed by atoms with Crippen LogP contribution in [0.1, 0.15) is 17.2 Å². The highest BCUT2D eigenvalue weighted by Gasteiger charge is 2.46. The van der Waals surface area contributed by atoms with Gasteiger partial charge in [0.25, 0.3) is 0 Å². The number of nitrogens with one attached hydrogen (secondary N) is 1. The summed E-state index contributed by atoms with van der Waals surface area (Å²) in [4.78, 5) is 15.1. The van der Waals surface area contributed by atoms with Crippen LogP contribution in [-0.2, 0) is 11.2 Å². The number of benzene rings is 2. The molecule has 0 bridgehead atoms. The molecule has 0 saturated carbocycles. The predicted octanol–water partition coefficient (Wildman–Crippen LogP) is 2.94. The highest BCUT2D eigenvalue weighted by atomic mass is 35.5. The largest absolute Gasteiger partial charge is 0.454 e. The Kier molecular flexibility index (Phi) is 5.17. The minimum absolute atomic E-state index is 0. The molecule has 3 atom stereocenters. The van der Waals surface area contributed by atoms with E-state index in [0.717, 1.165) is 24.2 Å². The van der Waals surface area contributed by atoms with Gasteiger partial charge in [0.1, 0.15) is 5.82 Å². The maximum absolute atomic E-state index is 13.8. The lowest BCUT2D eigenvalue weighted by atomic mass is 9.89. The van der Waals surface area contributed by atoms with Gasteiger partial charge in [0, 0.05) is 25.6 Å². The number of fused-ring (bicyclic) bond motifs is 2. The molecule has 148 valence electrons. The fourth-order valence-electron chi connectivity index (χ4n) is 4.62. The van der Waals surface area contributed by atoms with Gasteiger partial charge in [-0.3, -0.25) is 4.79 Å². The monoisotopic (exact) mass is 404 g/mol. The molecule has 3 heterocycles. The van der Waals surface area contributed by atoms with Crippen molar-refractivity contribution in [3.05, 3.63) is 59.4 Å². The molecule has 5 nitrogen and oxygen atoms in total. The average molecular weight is 405 g/mol. The van der Waals surface area contributed by atoms with Crippen molar-refractivity contribution in [3.63, 3.8) is 0 Å². The number of ether oxygens (including phenoxy) is 2. The summed E-state index contributed by atoms with van der Waals surface area (Å²) in [6.07, 6.45) is 0.301. The molecule has 2 fully saturated rings. The van der Waals surface area contributed by atoms with Crippen molar-refractivity contribution in [1.82, 2.24) is 10.2 Å². The van der Waals surface area contributed by atoms with E-state index in [0.29, 0.717) is 36.3 Å². The summed E-state index contributed by atoms with van der Waals surface area (Å²) in [6.45, 7) is 2.70. The molecule has 7 heteroatoms. The van der Waals surface area contributed by atoms with Crippen LogP contribution >= 0.6 is 12.4 Å². The minimum atomic E-state index is -0.259. The molecular weight excluding hydrogens is 383 g/mol. The zero-order chi connectivity index (χ0) is 18.4. The molecule has 0 spiro atoms. The van der Waals surface area contributed by atoms with E-state index in [1.807, 2.05) is 29.2 Å². The number of rotatable bonds is 3. The summed E-state index contributed by atoms with van der Waals surface area (Å²) < 4.78 is 24.6. The molecule has 28 heavy (non-hydrogen) atoms.